The zero-order valence-corrected chi connectivity index (χ0v) is 8.15. The van der Waals surface area contributed by atoms with Crippen LogP contribution in [0.25, 0.3) is 5.65 Å². The maximum atomic E-state index is 4.46. The van der Waals surface area contributed by atoms with E-state index in [1.54, 1.807) is 0 Å². The van der Waals surface area contributed by atoms with Crippen molar-refractivity contribution in [2.45, 2.75) is 26.7 Å². The Bertz CT molecular complexity index is 429. The van der Waals surface area contributed by atoms with Crippen LogP contribution >= 0.6 is 0 Å². The molecule has 0 radical (unpaired) electrons. The van der Waals surface area contributed by atoms with Gasteiger partial charge in [0, 0.05) is 12.1 Å². The molecule has 0 spiro atoms. The lowest BCUT2D eigenvalue weighted by atomic mass is 10.2. The third-order valence-corrected chi connectivity index (χ3v) is 2.09. The van der Waals surface area contributed by atoms with Crippen LogP contribution in [0, 0.1) is 6.92 Å². The Morgan fingerprint density at radius 1 is 1.38 bits per heavy atom. The Labute approximate surface area is 77.4 Å². The first-order valence-corrected chi connectivity index (χ1v) is 4.50. The van der Waals surface area contributed by atoms with Gasteiger partial charge in [0.25, 0.3) is 0 Å². The second kappa shape index (κ2) is 2.83. The molecule has 0 saturated carbocycles. The molecule has 2 aromatic rings. The molecule has 0 atom stereocenters. The van der Waals surface area contributed by atoms with Crippen molar-refractivity contribution >= 4 is 5.65 Å². The molecule has 0 unspecified atom stereocenters. The van der Waals surface area contributed by atoms with Crippen LogP contribution < -0.4 is 0 Å². The van der Waals surface area contributed by atoms with Gasteiger partial charge in [-0.05, 0) is 18.6 Å². The highest BCUT2D eigenvalue weighted by atomic mass is 15.3. The number of aryl methyl sites for hydroxylation is 1. The highest BCUT2D eigenvalue weighted by Crippen LogP contribution is 2.12. The summed E-state index contributed by atoms with van der Waals surface area (Å²) in [5.41, 5.74) is 2.13. The summed E-state index contributed by atoms with van der Waals surface area (Å²) < 4.78 is 1.84. The van der Waals surface area contributed by atoms with E-state index < -0.39 is 0 Å². The highest BCUT2D eigenvalue weighted by Gasteiger charge is 2.07. The van der Waals surface area contributed by atoms with E-state index in [1.165, 1.54) is 5.56 Å². The van der Waals surface area contributed by atoms with E-state index >= 15 is 0 Å². The van der Waals surface area contributed by atoms with Crippen LogP contribution in [0.3, 0.4) is 0 Å². The van der Waals surface area contributed by atoms with Crippen LogP contribution in [0.2, 0.25) is 0 Å². The number of nitrogens with zero attached hydrogens (tertiary/aromatic N) is 3. The fourth-order valence-corrected chi connectivity index (χ4v) is 1.30. The molecule has 2 aromatic heterocycles. The number of rotatable bonds is 1. The molecule has 0 aliphatic heterocycles. The van der Waals surface area contributed by atoms with Gasteiger partial charge in [0.1, 0.15) is 0 Å². The van der Waals surface area contributed by atoms with Crippen molar-refractivity contribution in [2.75, 3.05) is 0 Å². The second-order valence-corrected chi connectivity index (χ2v) is 3.58. The summed E-state index contributed by atoms with van der Waals surface area (Å²) >= 11 is 0. The number of hydrogen-bond acceptors (Lipinski definition) is 2. The van der Waals surface area contributed by atoms with E-state index in [1.807, 2.05) is 29.8 Å². The van der Waals surface area contributed by atoms with Crippen LogP contribution in [-0.2, 0) is 0 Å². The van der Waals surface area contributed by atoms with Gasteiger partial charge in [-0.3, -0.25) is 0 Å². The molecule has 2 rings (SSSR count). The lowest BCUT2D eigenvalue weighted by molar-refractivity contribution is 0.765. The van der Waals surface area contributed by atoms with Crippen molar-refractivity contribution in [1.29, 1.82) is 0 Å². The van der Waals surface area contributed by atoms with Crippen LogP contribution in [0.1, 0.15) is 31.2 Å². The molecule has 2 heterocycles. The minimum atomic E-state index is 0.388. The van der Waals surface area contributed by atoms with Gasteiger partial charge in [-0.15, -0.1) is 0 Å². The quantitative estimate of drug-likeness (QED) is 0.664. The number of aromatic nitrogens is 3. The predicted molar refractivity (Wildman–Crippen MR) is 51.8 cm³/mol. The van der Waals surface area contributed by atoms with Crippen LogP contribution in [0.5, 0.6) is 0 Å². The molecule has 0 saturated heterocycles. The van der Waals surface area contributed by atoms with E-state index in [2.05, 4.69) is 23.9 Å². The molecule has 0 aliphatic rings. The third kappa shape index (κ3) is 1.30. The molecule has 13 heavy (non-hydrogen) atoms. The predicted octanol–water partition coefficient (Wildman–Crippen LogP) is 2.16. The first-order chi connectivity index (χ1) is 6.18. The van der Waals surface area contributed by atoms with E-state index in [9.17, 15) is 0 Å². The smallest absolute Gasteiger partial charge is 0.158 e. The largest absolute Gasteiger partial charge is 0.221 e. The van der Waals surface area contributed by atoms with Crippen molar-refractivity contribution in [1.82, 2.24) is 14.6 Å². The molecule has 0 bridgehead atoms. The monoisotopic (exact) mass is 175 g/mol. The van der Waals surface area contributed by atoms with Crippen molar-refractivity contribution < 1.29 is 0 Å². The molecule has 3 nitrogen and oxygen atoms in total. The molecule has 3 heteroatoms. The van der Waals surface area contributed by atoms with Gasteiger partial charge in [0.2, 0.25) is 0 Å². The van der Waals surface area contributed by atoms with Crippen molar-refractivity contribution in [3.8, 4) is 0 Å². The molecule has 0 aliphatic carbocycles. The van der Waals surface area contributed by atoms with E-state index in [0.717, 1.165) is 11.5 Å². The zero-order valence-electron chi connectivity index (χ0n) is 8.15. The Kier molecular flexibility index (Phi) is 1.79. The lowest BCUT2D eigenvalue weighted by Gasteiger charge is -1.92. The van der Waals surface area contributed by atoms with Gasteiger partial charge in [-0.1, -0.05) is 19.9 Å². The molecule has 0 amide bonds. The minimum absolute atomic E-state index is 0.388. The van der Waals surface area contributed by atoms with Gasteiger partial charge in [0.05, 0.1) is 0 Å². The van der Waals surface area contributed by atoms with Gasteiger partial charge < -0.3 is 0 Å². The van der Waals surface area contributed by atoms with Crippen LogP contribution in [-0.4, -0.2) is 14.6 Å². The van der Waals surface area contributed by atoms with Gasteiger partial charge in [-0.25, -0.2) is 9.50 Å². The minimum Gasteiger partial charge on any atom is -0.221 e. The topological polar surface area (TPSA) is 30.2 Å². The van der Waals surface area contributed by atoms with E-state index in [4.69, 9.17) is 0 Å². The lowest BCUT2D eigenvalue weighted by Crippen LogP contribution is -1.91. The van der Waals surface area contributed by atoms with E-state index in [0.29, 0.717) is 5.92 Å². The SMILES string of the molecule is Cc1cccn2nc(C(C)C)nc12. The summed E-state index contributed by atoms with van der Waals surface area (Å²) in [6.45, 7) is 6.25. The van der Waals surface area contributed by atoms with Gasteiger partial charge in [0.15, 0.2) is 11.5 Å². The molecule has 0 N–H and O–H groups in total. The first kappa shape index (κ1) is 8.23. The fourth-order valence-electron chi connectivity index (χ4n) is 1.30. The van der Waals surface area contributed by atoms with Crippen molar-refractivity contribution in [2.24, 2.45) is 0 Å². The molecular weight excluding hydrogens is 162 g/mol. The Morgan fingerprint density at radius 2 is 2.15 bits per heavy atom. The maximum Gasteiger partial charge on any atom is 0.158 e. The first-order valence-electron chi connectivity index (χ1n) is 4.50. The highest BCUT2D eigenvalue weighted by molar-refractivity contribution is 5.45. The van der Waals surface area contributed by atoms with E-state index in [-0.39, 0.29) is 0 Å². The third-order valence-electron chi connectivity index (χ3n) is 2.09. The molecule has 0 fully saturated rings. The summed E-state index contributed by atoms with van der Waals surface area (Å²) in [5, 5.41) is 4.38. The Hall–Kier alpha value is -1.38. The molecule has 0 aromatic carbocycles. The fraction of sp³-hybridized carbons (Fsp3) is 0.400. The Morgan fingerprint density at radius 3 is 2.77 bits per heavy atom. The molecule has 68 valence electrons. The summed E-state index contributed by atoms with van der Waals surface area (Å²) in [6.07, 6.45) is 1.93. The standard InChI is InChI=1S/C10H13N3/c1-7(2)9-11-10-8(3)5-4-6-13(10)12-9/h4-7H,1-3H3. The van der Waals surface area contributed by atoms with Gasteiger partial charge in [-0.2, -0.15) is 5.10 Å². The average Bonchev–Trinajstić information content (AvgIpc) is 2.49. The normalized spacial score (nSPS) is 11.4. The van der Waals surface area contributed by atoms with Crippen molar-refractivity contribution in [3.05, 3.63) is 29.7 Å². The number of fused-ring (bicyclic) bond motifs is 1. The zero-order chi connectivity index (χ0) is 9.42. The van der Waals surface area contributed by atoms with Crippen LogP contribution in [0.4, 0.5) is 0 Å². The summed E-state index contributed by atoms with van der Waals surface area (Å²) in [6, 6.07) is 4.04. The average molecular weight is 175 g/mol. The number of hydrogen-bond donors (Lipinski definition) is 0. The molecular formula is C10H13N3. The summed E-state index contributed by atoms with van der Waals surface area (Å²) in [7, 11) is 0. The van der Waals surface area contributed by atoms with Crippen molar-refractivity contribution in [3.63, 3.8) is 0 Å². The maximum absolute atomic E-state index is 4.46. The second-order valence-electron chi connectivity index (χ2n) is 3.58. The Balaban J connectivity index is 2.68. The van der Waals surface area contributed by atoms with Crippen LogP contribution in [0.15, 0.2) is 18.3 Å². The summed E-state index contributed by atoms with van der Waals surface area (Å²) in [4.78, 5) is 4.46. The summed E-state index contributed by atoms with van der Waals surface area (Å²) in [5.74, 6) is 1.30. The van der Waals surface area contributed by atoms with Gasteiger partial charge >= 0.3 is 0 Å². The number of pyridine rings is 1.